The van der Waals surface area contributed by atoms with Crippen LogP contribution in [0.3, 0.4) is 0 Å². The van der Waals surface area contributed by atoms with Crippen LogP contribution in [0.25, 0.3) is 0 Å². The van der Waals surface area contributed by atoms with Gasteiger partial charge < -0.3 is 15.8 Å². The van der Waals surface area contributed by atoms with Crippen LogP contribution < -0.4 is 15.8 Å². The number of ether oxygens (including phenoxy) is 1. The topological polar surface area (TPSA) is 77.2 Å². The molecule has 1 aromatic heterocycles. The predicted molar refractivity (Wildman–Crippen MR) is 97.0 cm³/mol. The maximum Gasteiger partial charge on any atom is 0.243 e. The number of hydrogen-bond acceptors (Lipinski definition) is 4. The normalized spacial score (nSPS) is 18.6. The van der Waals surface area contributed by atoms with E-state index in [-0.39, 0.29) is 12.5 Å². The summed E-state index contributed by atoms with van der Waals surface area (Å²) in [6.45, 7) is 3.73. The molecular weight excluding hydrogens is 394 g/mol. The molecule has 2 heterocycles. The molecule has 0 aliphatic carbocycles. The maximum absolute atomic E-state index is 11.6. The van der Waals surface area contributed by atoms with E-state index < -0.39 is 5.60 Å². The molecule has 1 aliphatic rings. The van der Waals surface area contributed by atoms with Crippen molar-refractivity contribution in [3.05, 3.63) is 63.7 Å². The van der Waals surface area contributed by atoms with Gasteiger partial charge in [-0.1, -0.05) is 34.1 Å². The van der Waals surface area contributed by atoms with Crippen molar-refractivity contribution in [1.82, 2.24) is 10.3 Å². The van der Waals surface area contributed by atoms with Crippen LogP contribution in [0.2, 0.25) is 5.02 Å². The van der Waals surface area contributed by atoms with E-state index in [4.69, 9.17) is 22.1 Å². The average molecular weight is 409 g/mol. The van der Waals surface area contributed by atoms with Crippen molar-refractivity contribution in [3.63, 3.8) is 0 Å². The van der Waals surface area contributed by atoms with Gasteiger partial charge in [-0.2, -0.15) is 0 Å². The van der Waals surface area contributed by atoms with Gasteiger partial charge in [-0.3, -0.25) is 4.79 Å². The number of fused-ring (bicyclic) bond motifs is 1. The second-order valence-corrected chi connectivity index (χ2v) is 6.87. The molecule has 1 aliphatic heterocycles. The number of nitrogens with zero attached hydrogens (tertiary/aromatic N) is 1. The number of rotatable bonds is 4. The number of carbonyl (C=O) groups excluding carboxylic acids is 1. The van der Waals surface area contributed by atoms with Crippen molar-refractivity contribution < 1.29 is 9.53 Å². The molecule has 0 saturated carbocycles. The largest absolute Gasteiger partial charge is 0.478 e. The predicted octanol–water partition coefficient (Wildman–Crippen LogP) is 3.21. The Morgan fingerprint density at radius 2 is 2.33 bits per heavy atom. The van der Waals surface area contributed by atoms with E-state index in [0.29, 0.717) is 23.0 Å². The van der Waals surface area contributed by atoms with Crippen molar-refractivity contribution in [2.45, 2.75) is 12.0 Å². The van der Waals surface area contributed by atoms with Gasteiger partial charge in [0.15, 0.2) is 5.60 Å². The third-order valence-corrected chi connectivity index (χ3v) is 4.64. The van der Waals surface area contributed by atoms with Crippen molar-refractivity contribution >= 4 is 39.3 Å². The molecule has 24 heavy (non-hydrogen) atoms. The lowest BCUT2D eigenvalue weighted by Crippen LogP contribution is -2.44. The second-order valence-electron chi connectivity index (χ2n) is 5.54. The summed E-state index contributed by atoms with van der Waals surface area (Å²) in [6, 6.07) is 7.29. The van der Waals surface area contributed by atoms with Crippen LogP contribution in [0.1, 0.15) is 11.1 Å². The summed E-state index contributed by atoms with van der Waals surface area (Å²) in [5.74, 6) is 0.759. The molecule has 124 valence electrons. The smallest absolute Gasteiger partial charge is 0.243 e. The van der Waals surface area contributed by atoms with Gasteiger partial charge in [-0.25, -0.2) is 4.98 Å². The van der Waals surface area contributed by atoms with Crippen molar-refractivity contribution in [2.75, 3.05) is 12.3 Å². The average Bonchev–Trinajstić information content (AvgIpc) is 2.93. The number of anilines is 1. The zero-order chi connectivity index (χ0) is 17.3. The molecule has 0 saturated heterocycles. The highest BCUT2D eigenvalue weighted by atomic mass is 79.9. The Labute approximate surface area is 153 Å². The van der Waals surface area contributed by atoms with E-state index in [2.05, 4.69) is 32.8 Å². The third kappa shape index (κ3) is 3.12. The molecule has 0 radical (unpaired) electrons. The van der Waals surface area contributed by atoms with Crippen LogP contribution in [0, 0.1) is 0 Å². The summed E-state index contributed by atoms with van der Waals surface area (Å²) in [4.78, 5) is 15.8. The lowest BCUT2D eigenvalue weighted by molar-refractivity contribution is -0.117. The number of carbonyl (C=O) groups is 1. The van der Waals surface area contributed by atoms with Gasteiger partial charge in [0.25, 0.3) is 0 Å². The molecule has 0 bridgehead atoms. The number of nitrogen functional groups attached to an aromatic ring is 1. The molecular formula is C17H15BrClN3O2. The molecule has 2 aromatic rings. The molecule has 1 atom stereocenters. The van der Waals surface area contributed by atoms with Gasteiger partial charge in [0.05, 0.1) is 11.6 Å². The third-order valence-electron chi connectivity index (χ3n) is 3.90. The fourth-order valence-electron chi connectivity index (χ4n) is 2.74. The van der Waals surface area contributed by atoms with E-state index in [0.717, 1.165) is 15.6 Å². The number of nitrogens with one attached hydrogen (secondary N) is 1. The van der Waals surface area contributed by atoms with Gasteiger partial charge >= 0.3 is 0 Å². The minimum Gasteiger partial charge on any atom is -0.478 e. The number of halogens is 2. The standard InChI is InChI=1S/C17H15BrClN3O2/c1-2-15(23)22-9-17(11-3-4-14(20)21-8-11)7-10-5-12(18)6-13(19)16(10)24-17/h2-6,8H,1,7,9H2,(H2,20,21)(H,22,23). The first kappa shape index (κ1) is 16.8. The first-order chi connectivity index (χ1) is 11.4. The Morgan fingerprint density at radius 3 is 3.00 bits per heavy atom. The minimum absolute atomic E-state index is 0.256. The van der Waals surface area contributed by atoms with Gasteiger partial charge in [-0.05, 0) is 30.3 Å². The Kier molecular flexibility index (Phi) is 4.51. The van der Waals surface area contributed by atoms with Gasteiger partial charge in [0, 0.05) is 28.2 Å². The van der Waals surface area contributed by atoms with Crippen LogP contribution in [0.4, 0.5) is 5.82 Å². The fourth-order valence-corrected chi connectivity index (χ4v) is 3.65. The maximum atomic E-state index is 11.6. The van der Waals surface area contributed by atoms with Crippen molar-refractivity contribution in [3.8, 4) is 5.75 Å². The summed E-state index contributed by atoms with van der Waals surface area (Å²) in [5, 5.41) is 3.31. The monoisotopic (exact) mass is 407 g/mol. The highest BCUT2D eigenvalue weighted by molar-refractivity contribution is 9.10. The fraction of sp³-hybridized carbons (Fsp3) is 0.176. The van der Waals surface area contributed by atoms with Gasteiger partial charge in [0.2, 0.25) is 5.91 Å². The number of pyridine rings is 1. The van der Waals surface area contributed by atoms with Crippen molar-refractivity contribution in [1.29, 1.82) is 0 Å². The zero-order valence-corrected chi connectivity index (χ0v) is 15.0. The van der Waals surface area contributed by atoms with Crippen LogP contribution >= 0.6 is 27.5 Å². The molecule has 1 unspecified atom stereocenters. The Balaban J connectivity index is 2.01. The minimum atomic E-state index is -0.799. The molecule has 1 aromatic carbocycles. The molecule has 0 fully saturated rings. The highest BCUT2D eigenvalue weighted by Crippen LogP contribution is 2.46. The van der Waals surface area contributed by atoms with E-state index in [1.54, 1.807) is 18.3 Å². The van der Waals surface area contributed by atoms with Crippen LogP contribution in [-0.4, -0.2) is 17.4 Å². The summed E-state index contributed by atoms with van der Waals surface area (Å²) >= 11 is 9.75. The first-order valence-electron chi connectivity index (χ1n) is 7.23. The van der Waals surface area contributed by atoms with E-state index in [9.17, 15) is 4.79 Å². The number of nitrogens with two attached hydrogens (primary N) is 1. The molecule has 7 heteroatoms. The Morgan fingerprint density at radius 1 is 1.54 bits per heavy atom. The van der Waals surface area contributed by atoms with Gasteiger partial charge in [-0.15, -0.1) is 0 Å². The van der Waals surface area contributed by atoms with Crippen LogP contribution in [0.5, 0.6) is 5.75 Å². The van der Waals surface area contributed by atoms with E-state index >= 15 is 0 Å². The number of benzene rings is 1. The summed E-state index contributed by atoms with van der Waals surface area (Å²) in [5.41, 5.74) is 6.65. The van der Waals surface area contributed by atoms with E-state index in [1.807, 2.05) is 12.1 Å². The summed E-state index contributed by atoms with van der Waals surface area (Å²) in [7, 11) is 0. The van der Waals surface area contributed by atoms with E-state index in [1.165, 1.54) is 6.08 Å². The van der Waals surface area contributed by atoms with Gasteiger partial charge in [0.1, 0.15) is 11.6 Å². The quantitative estimate of drug-likeness (QED) is 0.762. The first-order valence-corrected chi connectivity index (χ1v) is 8.40. The van der Waals surface area contributed by atoms with Crippen LogP contribution in [-0.2, 0) is 16.8 Å². The Bertz CT molecular complexity index is 810. The summed E-state index contributed by atoms with van der Waals surface area (Å²) in [6.07, 6.45) is 3.43. The Hall–Kier alpha value is -2.05. The number of hydrogen-bond donors (Lipinski definition) is 2. The van der Waals surface area contributed by atoms with Crippen LogP contribution in [0.15, 0.2) is 47.6 Å². The molecule has 3 rings (SSSR count). The molecule has 1 amide bonds. The molecule has 5 nitrogen and oxygen atoms in total. The highest BCUT2D eigenvalue weighted by Gasteiger charge is 2.42. The molecule has 3 N–H and O–H groups in total. The zero-order valence-electron chi connectivity index (χ0n) is 12.7. The lowest BCUT2D eigenvalue weighted by atomic mass is 9.90. The lowest BCUT2D eigenvalue weighted by Gasteiger charge is -2.29. The second kappa shape index (κ2) is 6.45. The van der Waals surface area contributed by atoms with Crippen molar-refractivity contribution in [2.24, 2.45) is 0 Å². The number of amides is 1. The SMILES string of the molecule is C=CC(=O)NCC1(c2ccc(N)nc2)Cc2cc(Br)cc(Cl)c2O1. The summed E-state index contributed by atoms with van der Waals surface area (Å²) < 4.78 is 7.09. The number of aromatic nitrogens is 1. The molecule has 0 spiro atoms.